The van der Waals surface area contributed by atoms with Gasteiger partial charge in [-0.25, -0.2) is 4.90 Å². The van der Waals surface area contributed by atoms with Gasteiger partial charge in [0.1, 0.15) is 5.75 Å². The van der Waals surface area contributed by atoms with E-state index in [1.165, 1.54) is 4.90 Å². The van der Waals surface area contributed by atoms with Crippen LogP contribution in [0.5, 0.6) is 5.75 Å². The second-order valence-electron chi connectivity index (χ2n) is 10.5. The number of nitrogens with zero attached hydrogens (tertiary/aromatic N) is 2. The van der Waals surface area contributed by atoms with Crippen LogP contribution in [0.1, 0.15) is 29.5 Å². The van der Waals surface area contributed by atoms with E-state index in [0.29, 0.717) is 17.0 Å². The number of esters is 1. The molecule has 0 aromatic heterocycles. The fourth-order valence-electron chi connectivity index (χ4n) is 6.59. The summed E-state index contributed by atoms with van der Waals surface area (Å²) in [4.78, 5) is 55.0. The summed E-state index contributed by atoms with van der Waals surface area (Å²) in [6, 6.07) is 10.8. The molecule has 184 valence electrons. The summed E-state index contributed by atoms with van der Waals surface area (Å²) in [7, 11) is 0. The molecule has 2 bridgehead atoms. The Labute approximate surface area is 209 Å². The zero-order valence-electron chi connectivity index (χ0n) is 20.6. The Balaban J connectivity index is 1.17. The highest BCUT2D eigenvalue weighted by Gasteiger charge is 2.59. The normalized spacial score (nSPS) is 28.4. The van der Waals surface area contributed by atoms with Crippen molar-refractivity contribution in [3.63, 3.8) is 0 Å². The molecular formula is C29H28N2O5. The maximum Gasteiger partial charge on any atom is 0.316 e. The number of imide groups is 1. The smallest absolute Gasteiger partial charge is 0.316 e. The zero-order valence-corrected chi connectivity index (χ0v) is 20.6. The number of fused-ring (bicyclic) bond motifs is 5. The Hall–Kier alpha value is -3.74. The average molecular weight is 485 g/mol. The van der Waals surface area contributed by atoms with Crippen LogP contribution in [0.4, 0.5) is 11.4 Å². The van der Waals surface area contributed by atoms with E-state index in [9.17, 15) is 19.2 Å². The summed E-state index contributed by atoms with van der Waals surface area (Å²) in [6.45, 7) is 5.98. The van der Waals surface area contributed by atoms with Gasteiger partial charge in [-0.15, -0.1) is 0 Å². The molecule has 2 saturated heterocycles. The molecule has 36 heavy (non-hydrogen) atoms. The van der Waals surface area contributed by atoms with Crippen molar-refractivity contribution in [1.29, 1.82) is 0 Å². The summed E-state index contributed by atoms with van der Waals surface area (Å²) in [5.41, 5.74) is 4.05. The topological polar surface area (TPSA) is 84.0 Å². The van der Waals surface area contributed by atoms with Crippen LogP contribution in [-0.4, -0.2) is 30.2 Å². The van der Waals surface area contributed by atoms with Gasteiger partial charge in [-0.05, 0) is 73.9 Å². The lowest BCUT2D eigenvalue weighted by atomic mass is 9.85. The number of amides is 3. The molecule has 7 nitrogen and oxygen atoms in total. The second kappa shape index (κ2) is 8.15. The predicted molar refractivity (Wildman–Crippen MR) is 133 cm³/mol. The van der Waals surface area contributed by atoms with Crippen molar-refractivity contribution in [3.8, 4) is 5.75 Å². The number of carbonyl (C=O) groups is 4. The van der Waals surface area contributed by atoms with Crippen molar-refractivity contribution in [3.05, 3.63) is 65.2 Å². The number of rotatable bonds is 4. The van der Waals surface area contributed by atoms with Crippen molar-refractivity contribution < 1.29 is 23.9 Å². The van der Waals surface area contributed by atoms with Gasteiger partial charge in [0.05, 0.1) is 23.4 Å². The second-order valence-corrected chi connectivity index (χ2v) is 10.5. The van der Waals surface area contributed by atoms with Crippen LogP contribution < -0.4 is 14.5 Å². The maximum atomic E-state index is 13.2. The van der Waals surface area contributed by atoms with Crippen molar-refractivity contribution in [2.75, 3.05) is 16.3 Å². The molecule has 0 N–H and O–H groups in total. The fourth-order valence-corrected chi connectivity index (χ4v) is 6.59. The van der Waals surface area contributed by atoms with Gasteiger partial charge >= 0.3 is 5.97 Å². The minimum absolute atomic E-state index is 0.0964. The van der Waals surface area contributed by atoms with Gasteiger partial charge in [-0.1, -0.05) is 30.4 Å². The van der Waals surface area contributed by atoms with E-state index in [2.05, 4.69) is 12.2 Å². The first-order valence-corrected chi connectivity index (χ1v) is 12.5. The highest BCUT2D eigenvalue weighted by molar-refractivity contribution is 6.23. The number of carbonyl (C=O) groups excluding carboxylic acids is 4. The van der Waals surface area contributed by atoms with Crippen LogP contribution in [0.2, 0.25) is 0 Å². The van der Waals surface area contributed by atoms with Gasteiger partial charge in [0.25, 0.3) is 0 Å². The first-order valence-electron chi connectivity index (χ1n) is 12.5. The fraction of sp³-hybridized carbons (Fsp3) is 0.379. The SMILES string of the molecule is Cc1cc(OC(=O)[C@@H]2CC(=O)N(c3c(C)cccc3C)C2)ccc1N1C(=O)[C@@H]2[C@H](C1=O)[C@H]1C=C[C@H]2C1. The molecule has 0 unspecified atom stereocenters. The third-order valence-corrected chi connectivity index (χ3v) is 8.27. The number of anilines is 2. The summed E-state index contributed by atoms with van der Waals surface area (Å²) < 4.78 is 5.65. The van der Waals surface area contributed by atoms with Gasteiger partial charge in [0.2, 0.25) is 17.7 Å². The molecule has 0 radical (unpaired) electrons. The first-order chi connectivity index (χ1) is 17.2. The van der Waals surface area contributed by atoms with E-state index in [1.807, 2.05) is 32.0 Å². The summed E-state index contributed by atoms with van der Waals surface area (Å²) in [6.07, 6.45) is 5.13. The van der Waals surface area contributed by atoms with Gasteiger partial charge in [0, 0.05) is 18.7 Å². The van der Waals surface area contributed by atoms with E-state index in [1.54, 1.807) is 30.0 Å². The maximum absolute atomic E-state index is 13.2. The van der Waals surface area contributed by atoms with Crippen LogP contribution in [0.25, 0.3) is 0 Å². The van der Waals surface area contributed by atoms with Crippen LogP contribution in [0, 0.1) is 50.4 Å². The standard InChI is InChI=1S/C29H28N2O5/c1-15-5-4-6-16(2)26(15)30-14-20(13-23(30)32)29(35)36-21-9-10-22(17(3)11-21)31-27(33)24-18-7-8-19(12-18)25(24)28(31)34/h4-11,18-20,24-25H,12-14H2,1-3H3/t18-,19-,20+,24-,25+/m0/s1. The molecule has 4 aliphatic rings. The van der Waals surface area contributed by atoms with E-state index in [0.717, 1.165) is 23.2 Å². The van der Waals surface area contributed by atoms with Crippen LogP contribution >= 0.6 is 0 Å². The molecule has 6 rings (SSSR count). The Bertz CT molecular complexity index is 1310. The van der Waals surface area contributed by atoms with Crippen molar-refractivity contribution in [1.82, 2.24) is 0 Å². The Morgan fingerprint density at radius 2 is 1.53 bits per heavy atom. The first kappa shape index (κ1) is 22.7. The third-order valence-electron chi connectivity index (χ3n) is 8.27. The number of para-hydroxylation sites is 1. The number of hydrogen-bond acceptors (Lipinski definition) is 5. The van der Waals surface area contributed by atoms with Crippen LogP contribution in [0.3, 0.4) is 0 Å². The van der Waals surface area contributed by atoms with Crippen LogP contribution in [0.15, 0.2) is 48.6 Å². The van der Waals surface area contributed by atoms with E-state index in [-0.39, 0.29) is 54.4 Å². The molecule has 2 heterocycles. The quantitative estimate of drug-likeness (QED) is 0.285. The molecule has 3 amide bonds. The predicted octanol–water partition coefficient (Wildman–Crippen LogP) is 3.88. The average Bonchev–Trinajstić information content (AvgIpc) is 3.59. The van der Waals surface area contributed by atoms with Gasteiger partial charge in [-0.2, -0.15) is 0 Å². The number of allylic oxidation sites excluding steroid dienone is 2. The molecule has 3 fully saturated rings. The molecular weight excluding hydrogens is 456 g/mol. The molecule has 2 aliphatic carbocycles. The minimum Gasteiger partial charge on any atom is -0.426 e. The van der Waals surface area contributed by atoms with E-state index >= 15 is 0 Å². The molecule has 2 aromatic rings. The minimum atomic E-state index is -0.569. The highest BCUT2D eigenvalue weighted by atomic mass is 16.5. The van der Waals surface area contributed by atoms with Gasteiger partial charge in [-0.3, -0.25) is 19.2 Å². The van der Waals surface area contributed by atoms with Crippen molar-refractivity contribution >= 4 is 35.1 Å². The number of aryl methyl sites for hydroxylation is 3. The molecule has 1 saturated carbocycles. The summed E-state index contributed by atoms with van der Waals surface area (Å²) in [5.74, 6) is -1.28. The van der Waals surface area contributed by atoms with Gasteiger partial charge in [0.15, 0.2) is 0 Å². The Morgan fingerprint density at radius 1 is 0.889 bits per heavy atom. The largest absolute Gasteiger partial charge is 0.426 e. The molecule has 5 atom stereocenters. The number of benzene rings is 2. The molecule has 0 spiro atoms. The lowest BCUT2D eigenvalue weighted by Crippen LogP contribution is -2.33. The number of ether oxygens (including phenoxy) is 1. The van der Waals surface area contributed by atoms with Crippen molar-refractivity contribution in [2.24, 2.45) is 29.6 Å². The van der Waals surface area contributed by atoms with Gasteiger partial charge < -0.3 is 9.64 Å². The molecule has 7 heteroatoms. The highest BCUT2D eigenvalue weighted by Crippen LogP contribution is 2.53. The zero-order chi connectivity index (χ0) is 25.3. The molecule has 2 aromatic carbocycles. The Kier molecular flexibility index (Phi) is 5.14. The molecule has 2 aliphatic heterocycles. The Morgan fingerprint density at radius 3 is 2.14 bits per heavy atom. The third kappa shape index (κ3) is 3.33. The lowest BCUT2D eigenvalue weighted by Gasteiger charge is -2.21. The summed E-state index contributed by atoms with van der Waals surface area (Å²) >= 11 is 0. The number of hydrogen-bond donors (Lipinski definition) is 0. The van der Waals surface area contributed by atoms with E-state index < -0.39 is 11.9 Å². The lowest BCUT2D eigenvalue weighted by molar-refractivity contribution is -0.139. The van der Waals surface area contributed by atoms with Crippen LogP contribution in [-0.2, 0) is 19.2 Å². The van der Waals surface area contributed by atoms with Crippen molar-refractivity contribution in [2.45, 2.75) is 33.6 Å². The summed E-state index contributed by atoms with van der Waals surface area (Å²) in [5, 5.41) is 0. The van der Waals surface area contributed by atoms with E-state index in [4.69, 9.17) is 4.74 Å². The monoisotopic (exact) mass is 484 g/mol.